The highest BCUT2D eigenvalue weighted by atomic mass is 35.5. The van der Waals surface area contributed by atoms with Crippen molar-refractivity contribution in [3.63, 3.8) is 0 Å². The van der Waals surface area contributed by atoms with E-state index in [2.05, 4.69) is 10.6 Å². The second-order valence-corrected chi connectivity index (χ2v) is 5.47. The Kier molecular flexibility index (Phi) is 5.90. The van der Waals surface area contributed by atoms with E-state index in [4.69, 9.17) is 23.2 Å². The highest BCUT2D eigenvalue weighted by Gasteiger charge is 2.02. The molecule has 2 aromatic rings. The lowest BCUT2D eigenvalue weighted by atomic mass is 10.1. The fourth-order valence-electron chi connectivity index (χ4n) is 1.89. The van der Waals surface area contributed by atoms with Gasteiger partial charge in [-0.2, -0.15) is 0 Å². The first-order valence-electron chi connectivity index (χ1n) is 6.64. The number of benzene rings is 2. The van der Waals surface area contributed by atoms with E-state index >= 15 is 0 Å². The minimum atomic E-state index is -0.0676. The first-order valence-corrected chi connectivity index (χ1v) is 7.39. The second kappa shape index (κ2) is 7.91. The van der Waals surface area contributed by atoms with Gasteiger partial charge in [-0.25, -0.2) is 0 Å². The molecule has 2 N–H and O–H groups in total. The van der Waals surface area contributed by atoms with Crippen LogP contribution in [-0.4, -0.2) is 19.0 Å². The predicted octanol–water partition coefficient (Wildman–Crippen LogP) is 3.76. The molecule has 0 atom stereocenters. The van der Waals surface area contributed by atoms with Crippen molar-refractivity contribution in [1.29, 1.82) is 0 Å². The summed E-state index contributed by atoms with van der Waals surface area (Å²) >= 11 is 11.8. The molecule has 0 saturated carbocycles. The highest BCUT2D eigenvalue weighted by molar-refractivity contribution is 6.35. The van der Waals surface area contributed by atoms with Crippen LogP contribution in [0.3, 0.4) is 0 Å². The van der Waals surface area contributed by atoms with Gasteiger partial charge >= 0.3 is 0 Å². The summed E-state index contributed by atoms with van der Waals surface area (Å²) in [5.74, 6) is -0.0676. The lowest BCUT2D eigenvalue weighted by Gasteiger charge is -2.08. The number of nitrogens with one attached hydrogen (secondary N) is 2. The first kappa shape index (κ1) is 15.7. The Morgan fingerprint density at radius 3 is 2.33 bits per heavy atom. The Balaban J connectivity index is 1.72. The van der Waals surface area contributed by atoms with Gasteiger partial charge in [0.15, 0.2) is 0 Å². The normalized spacial score (nSPS) is 10.2. The van der Waals surface area contributed by atoms with Crippen LogP contribution in [0.2, 0.25) is 10.0 Å². The number of carbonyl (C=O) groups is 1. The molecule has 0 aromatic heterocycles. The zero-order chi connectivity index (χ0) is 15.1. The SMILES string of the molecule is O=C(CNc1cc(Cl)cc(Cl)c1)NCCc1ccccc1. The number of halogens is 2. The average Bonchev–Trinajstić information content (AvgIpc) is 2.45. The first-order chi connectivity index (χ1) is 10.1. The van der Waals surface area contributed by atoms with Crippen molar-refractivity contribution >= 4 is 34.8 Å². The molecule has 5 heteroatoms. The molecular weight excluding hydrogens is 307 g/mol. The fourth-order valence-corrected chi connectivity index (χ4v) is 2.42. The maximum atomic E-state index is 11.7. The van der Waals surface area contributed by atoms with Crippen molar-refractivity contribution in [1.82, 2.24) is 5.32 Å². The van der Waals surface area contributed by atoms with E-state index in [1.807, 2.05) is 30.3 Å². The smallest absolute Gasteiger partial charge is 0.239 e. The number of amides is 1. The maximum Gasteiger partial charge on any atom is 0.239 e. The van der Waals surface area contributed by atoms with Crippen LogP contribution in [0.15, 0.2) is 48.5 Å². The van der Waals surface area contributed by atoms with E-state index < -0.39 is 0 Å². The van der Waals surface area contributed by atoms with Gasteiger partial charge in [0.05, 0.1) is 6.54 Å². The van der Waals surface area contributed by atoms with E-state index in [0.29, 0.717) is 16.6 Å². The van der Waals surface area contributed by atoms with Gasteiger partial charge in [-0.15, -0.1) is 0 Å². The molecule has 21 heavy (non-hydrogen) atoms. The zero-order valence-corrected chi connectivity index (χ0v) is 12.9. The molecule has 0 aliphatic rings. The quantitative estimate of drug-likeness (QED) is 0.850. The van der Waals surface area contributed by atoms with Crippen LogP contribution in [0.1, 0.15) is 5.56 Å². The van der Waals surface area contributed by atoms with E-state index in [-0.39, 0.29) is 12.5 Å². The van der Waals surface area contributed by atoms with E-state index in [1.165, 1.54) is 5.56 Å². The minimum Gasteiger partial charge on any atom is -0.376 e. The molecule has 2 aromatic carbocycles. The van der Waals surface area contributed by atoms with E-state index in [1.54, 1.807) is 18.2 Å². The number of anilines is 1. The van der Waals surface area contributed by atoms with Gasteiger partial charge < -0.3 is 10.6 Å². The Hall–Kier alpha value is -1.71. The van der Waals surface area contributed by atoms with Gasteiger partial charge in [-0.1, -0.05) is 53.5 Å². The van der Waals surface area contributed by atoms with Gasteiger partial charge in [0.25, 0.3) is 0 Å². The van der Waals surface area contributed by atoms with Crippen LogP contribution >= 0.6 is 23.2 Å². The van der Waals surface area contributed by atoms with Crippen LogP contribution in [0.4, 0.5) is 5.69 Å². The van der Waals surface area contributed by atoms with Gasteiger partial charge in [-0.3, -0.25) is 4.79 Å². The predicted molar refractivity (Wildman–Crippen MR) is 88.1 cm³/mol. The average molecular weight is 323 g/mol. The van der Waals surface area contributed by atoms with Crippen LogP contribution in [-0.2, 0) is 11.2 Å². The van der Waals surface area contributed by atoms with Crippen molar-refractivity contribution < 1.29 is 4.79 Å². The number of hydrogen-bond donors (Lipinski definition) is 2. The highest BCUT2D eigenvalue weighted by Crippen LogP contribution is 2.22. The summed E-state index contributed by atoms with van der Waals surface area (Å²) in [4.78, 5) is 11.7. The molecule has 110 valence electrons. The molecule has 0 unspecified atom stereocenters. The Bertz CT molecular complexity index is 582. The molecule has 0 saturated heterocycles. The lowest BCUT2D eigenvalue weighted by molar-refractivity contribution is -0.119. The van der Waals surface area contributed by atoms with Gasteiger partial charge in [0, 0.05) is 22.3 Å². The van der Waals surface area contributed by atoms with E-state index in [0.717, 1.165) is 12.1 Å². The van der Waals surface area contributed by atoms with Crippen molar-refractivity contribution in [3.8, 4) is 0 Å². The van der Waals surface area contributed by atoms with Crippen molar-refractivity contribution in [2.75, 3.05) is 18.4 Å². The summed E-state index contributed by atoms with van der Waals surface area (Å²) in [6.45, 7) is 0.798. The van der Waals surface area contributed by atoms with Gasteiger partial charge in [0.2, 0.25) is 5.91 Å². The third-order valence-electron chi connectivity index (χ3n) is 2.89. The number of hydrogen-bond acceptors (Lipinski definition) is 2. The second-order valence-electron chi connectivity index (χ2n) is 4.60. The third-order valence-corrected chi connectivity index (χ3v) is 3.33. The third kappa shape index (κ3) is 5.66. The molecule has 0 bridgehead atoms. The fraction of sp³-hybridized carbons (Fsp3) is 0.188. The monoisotopic (exact) mass is 322 g/mol. The standard InChI is InChI=1S/C16H16Cl2N2O/c17-13-8-14(18)10-15(9-13)20-11-16(21)19-7-6-12-4-2-1-3-5-12/h1-5,8-10,20H,6-7,11H2,(H,19,21). The molecular formula is C16H16Cl2N2O. The molecule has 0 aliphatic carbocycles. The topological polar surface area (TPSA) is 41.1 Å². The Morgan fingerprint density at radius 2 is 1.67 bits per heavy atom. The van der Waals surface area contributed by atoms with Gasteiger partial charge in [0.1, 0.15) is 0 Å². The number of rotatable bonds is 6. The Labute approximate surface area is 134 Å². The minimum absolute atomic E-state index is 0.0676. The van der Waals surface area contributed by atoms with Crippen LogP contribution in [0, 0.1) is 0 Å². The molecule has 0 aliphatic heterocycles. The van der Waals surface area contributed by atoms with Crippen LogP contribution in [0.25, 0.3) is 0 Å². The summed E-state index contributed by atoms with van der Waals surface area (Å²) in [6.07, 6.45) is 0.815. The van der Waals surface area contributed by atoms with E-state index in [9.17, 15) is 4.79 Å². The van der Waals surface area contributed by atoms with Gasteiger partial charge in [-0.05, 0) is 30.2 Å². The van der Waals surface area contributed by atoms with Crippen molar-refractivity contribution in [2.45, 2.75) is 6.42 Å². The number of carbonyl (C=O) groups excluding carboxylic acids is 1. The molecule has 1 amide bonds. The summed E-state index contributed by atoms with van der Waals surface area (Å²) in [5.41, 5.74) is 1.93. The summed E-state index contributed by atoms with van der Waals surface area (Å²) < 4.78 is 0. The molecule has 0 radical (unpaired) electrons. The summed E-state index contributed by atoms with van der Waals surface area (Å²) in [6, 6.07) is 15.1. The Morgan fingerprint density at radius 1 is 1.00 bits per heavy atom. The molecule has 0 spiro atoms. The zero-order valence-electron chi connectivity index (χ0n) is 11.4. The molecule has 0 heterocycles. The summed E-state index contributed by atoms with van der Waals surface area (Å²) in [7, 11) is 0. The summed E-state index contributed by atoms with van der Waals surface area (Å²) in [5, 5.41) is 6.93. The van der Waals surface area contributed by atoms with Crippen molar-refractivity contribution in [2.24, 2.45) is 0 Å². The van der Waals surface area contributed by atoms with Crippen molar-refractivity contribution in [3.05, 3.63) is 64.1 Å². The van der Waals surface area contributed by atoms with Crippen LogP contribution in [0.5, 0.6) is 0 Å². The molecule has 2 rings (SSSR count). The lowest BCUT2D eigenvalue weighted by Crippen LogP contribution is -2.31. The molecule has 3 nitrogen and oxygen atoms in total. The molecule has 0 fully saturated rings. The van der Waals surface area contributed by atoms with Crippen LogP contribution < -0.4 is 10.6 Å². The maximum absolute atomic E-state index is 11.7. The largest absolute Gasteiger partial charge is 0.376 e.